The van der Waals surface area contributed by atoms with Crippen LogP contribution in [0.1, 0.15) is 87.0 Å². The molecule has 0 unspecified atom stereocenters. The molecule has 3 fully saturated rings. The van der Waals surface area contributed by atoms with Crippen LogP contribution in [0.25, 0.3) is 0 Å². The largest absolute Gasteiger partial charge is 0.469 e. The minimum atomic E-state index is -0.669. The molecule has 0 amide bonds. The Labute approximate surface area is 222 Å². The highest BCUT2D eigenvalue weighted by Gasteiger charge is 2.71. The summed E-state index contributed by atoms with van der Waals surface area (Å²) < 4.78 is 5.42. The molecule has 0 heterocycles. The second-order valence-corrected chi connectivity index (χ2v) is 14.3. The van der Waals surface area contributed by atoms with E-state index in [1.807, 2.05) is 26.0 Å². The maximum Gasteiger partial charge on any atom is 0.312 e. The van der Waals surface area contributed by atoms with Gasteiger partial charge in [-0.15, -0.1) is 0 Å². The third-order valence-electron chi connectivity index (χ3n) is 12.8. The Morgan fingerprint density at radius 3 is 2.32 bits per heavy atom. The molecule has 0 radical (unpaired) electrons. The van der Waals surface area contributed by atoms with Gasteiger partial charge in [-0.05, 0) is 79.1 Å². The number of hydrogen-bond donors (Lipinski definition) is 0. The van der Waals surface area contributed by atoms with E-state index in [2.05, 4.69) is 40.7 Å². The first kappa shape index (κ1) is 26.4. The summed E-state index contributed by atoms with van der Waals surface area (Å²) in [6.07, 6.45) is 8.85. The van der Waals surface area contributed by atoms with Crippen LogP contribution in [0, 0.1) is 68.0 Å². The summed E-state index contributed by atoms with van der Waals surface area (Å²) in [5.41, 5.74) is -1.09. The Morgan fingerprint density at radius 2 is 1.70 bits per heavy atom. The fourth-order valence-corrected chi connectivity index (χ4v) is 10.4. The molecule has 5 aliphatic rings. The molecule has 0 aromatic carbocycles. The predicted octanol–water partition coefficient (Wildman–Crippen LogP) is 6.23. The molecule has 9 atom stereocenters. The first-order valence-corrected chi connectivity index (χ1v) is 14.2. The highest BCUT2D eigenvalue weighted by molar-refractivity contribution is 6.04. The van der Waals surface area contributed by atoms with Crippen LogP contribution in [0.3, 0.4) is 0 Å². The Kier molecular flexibility index (Phi) is 5.64. The minimum Gasteiger partial charge on any atom is -0.469 e. The molecule has 0 aromatic heterocycles. The summed E-state index contributed by atoms with van der Waals surface area (Å²) in [4.78, 5) is 41.0. The van der Waals surface area contributed by atoms with Crippen molar-refractivity contribution in [2.75, 3.05) is 7.11 Å². The fourth-order valence-electron chi connectivity index (χ4n) is 10.4. The maximum atomic E-state index is 14.4. The predicted molar refractivity (Wildman–Crippen MR) is 141 cm³/mol. The fraction of sp³-hybridized carbons (Fsp3) is 0.750. The lowest BCUT2D eigenvalue weighted by molar-refractivity contribution is -0.195. The van der Waals surface area contributed by atoms with Gasteiger partial charge < -0.3 is 4.74 Å². The molecular formula is C32H43NO4. The van der Waals surface area contributed by atoms with Gasteiger partial charge in [0.2, 0.25) is 0 Å². The zero-order valence-electron chi connectivity index (χ0n) is 23.9. The second kappa shape index (κ2) is 7.90. The number of nitriles is 1. The van der Waals surface area contributed by atoms with Gasteiger partial charge in [-0.1, -0.05) is 60.1 Å². The van der Waals surface area contributed by atoms with Crippen molar-refractivity contribution >= 4 is 17.5 Å². The Hall–Kier alpha value is -2.22. The van der Waals surface area contributed by atoms with E-state index >= 15 is 0 Å². The lowest BCUT2D eigenvalue weighted by Gasteiger charge is -2.69. The molecule has 0 aliphatic heterocycles. The van der Waals surface area contributed by atoms with Crippen LogP contribution in [0.5, 0.6) is 0 Å². The third kappa shape index (κ3) is 2.99. The SMILES string of the molecule is COC(=O)[C@]12CC[C@@H](C)[C@H](C)[C@H]1[C@H]1C(=O)C=C3[C@@]4(C)C=C(C#N)C(=O)C(C)(C)[C@@H]4CC[C@@]3(C)[C@]1(C)CC2. The number of hydrogen-bond acceptors (Lipinski definition) is 5. The minimum absolute atomic E-state index is 0.0308. The quantitative estimate of drug-likeness (QED) is 0.394. The van der Waals surface area contributed by atoms with Gasteiger partial charge in [0.1, 0.15) is 6.07 Å². The smallest absolute Gasteiger partial charge is 0.312 e. The number of rotatable bonds is 1. The summed E-state index contributed by atoms with van der Waals surface area (Å²) in [5, 5.41) is 9.87. The van der Waals surface area contributed by atoms with Crippen molar-refractivity contribution in [2.45, 2.75) is 87.0 Å². The normalized spacial score (nSPS) is 48.2. The standard InChI is InChI=1S/C32H43NO4/c1-18-9-12-32(27(36)37-8)14-13-31(7)25(24(32)19(18)2)21(34)15-23-29(5)16-20(17-33)26(35)28(3,4)22(29)10-11-30(23,31)6/h15-16,18-19,22,24-25H,9-14H2,1-8H3/t18-,19+,22+,24+,25-,29+,30-,31-,32+/m1/s1. The van der Waals surface area contributed by atoms with E-state index in [0.29, 0.717) is 5.92 Å². The molecule has 3 saturated carbocycles. The van der Waals surface area contributed by atoms with Crippen LogP contribution in [-0.4, -0.2) is 24.6 Å². The third-order valence-corrected chi connectivity index (χ3v) is 12.8. The molecule has 0 bridgehead atoms. The van der Waals surface area contributed by atoms with E-state index in [1.54, 1.807) is 0 Å². The van der Waals surface area contributed by atoms with E-state index in [-0.39, 0.29) is 57.6 Å². The number of methoxy groups -OCH3 is 1. The first-order valence-electron chi connectivity index (χ1n) is 14.2. The summed E-state index contributed by atoms with van der Waals surface area (Å²) in [5.74, 6) is 0.308. The monoisotopic (exact) mass is 505 g/mol. The summed E-state index contributed by atoms with van der Waals surface area (Å²) in [6, 6.07) is 2.17. The zero-order chi connectivity index (χ0) is 27.3. The van der Waals surface area contributed by atoms with Crippen molar-refractivity contribution in [3.8, 4) is 6.07 Å². The highest BCUT2D eigenvalue weighted by atomic mass is 16.5. The molecule has 5 nitrogen and oxygen atoms in total. The molecule has 5 rings (SSSR count). The number of fused-ring (bicyclic) bond motifs is 7. The molecule has 0 saturated heterocycles. The lowest BCUT2D eigenvalue weighted by atomic mass is 9.34. The number of Topliss-reactive ketones (excluding diaryl/α,β-unsaturated/α-hetero) is 1. The molecular weight excluding hydrogens is 462 g/mol. The number of allylic oxidation sites excluding steroid dienone is 4. The van der Waals surface area contributed by atoms with Crippen molar-refractivity contribution in [1.29, 1.82) is 5.26 Å². The summed E-state index contributed by atoms with van der Waals surface area (Å²) in [7, 11) is 1.49. The van der Waals surface area contributed by atoms with Crippen LogP contribution in [0.15, 0.2) is 23.3 Å². The van der Waals surface area contributed by atoms with Crippen molar-refractivity contribution < 1.29 is 19.1 Å². The van der Waals surface area contributed by atoms with Gasteiger partial charge in [-0.2, -0.15) is 5.26 Å². The van der Waals surface area contributed by atoms with Crippen LogP contribution in [-0.2, 0) is 19.1 Å². The molecule has 5 aliphatic carbocycles. The van der Waals surface area contributed by atoms with Crippen LogP contribution >= 0.6 is 0 Å². The van der Waals surface area contributed by atoms with Gasteiger partial charge in [-0.3, -0.25) is 14.4 Å². The van der Waals surface area contributed by atoms with Crippen LogP contribution in [0.4, 0.5) is 0 Å². The van der Waals surface area contributed by atoms with Crippen LogP contribution < -0.4 is 0 Å². The maximum absolute atomic E-state index is 14.4. The van der Waals surface area contributed by atoms with Crippen molar-refractivity contribution in [2.24, 2.45) is 56.7 Å². The lowest BCUT2D eigenvalue weighted by Crippen LogP contribution is -2.66. The number of carbonyl (C=O) groups is 3. The summed E-state index contributed by atoms with van der Waals surface area (Å²) in [6.45, 7) is 15.2. The number of ether oxygens (including phenoxy) is 1. The van der Waals surface area contributed by atoms with Crippen molar-refractivity contribution in [1.82, 2.24) is 0 Å². The number of ketones is 2. The molecule has 0 aromatic rings. The number of nitrogens with zero attached hydrogens (tertiary/aromatic N) is 1. The molecule has 5 heteroatoms. The average molecular weight is 506 g/mol. The van der Waals surface area contributed by atoms with E-state index in [1.165, 1.54) is 7.11 Å². The Balaban J connectivity index is 1.72. The zero-order valence-corrected chi connectivity index (χ0v) is 23.9. The van der Waals surface area contributed by atoms with Crippen LogP contribution in [0.2, 0.25) is 0 Å². The van der Waals surface area contributed by atoms with E-state index in [9.17, 15) is 19.6 Å². The Morgan fingerprint density at radius 1 is 1.03 bits per heavy atom. The molecule has 200 valence electrons. The highest BCUT2D eigenvalue weighted by Crippen LogP contribution is 2.74. The molecule has 37 heavy (non-hydrogen) atoms. The van der Waals surface area contributed by atoms with Gasteiger partial charge in [-0.25, -0.2) is 0 Å². The Bertz CT molecular complexity index is 1190. The molecule has 0 N–H and O–H groups in total. The summed E-state index contributed by atoms with van der Waals surface area (Å²) >= 11 is 0. The van der Waals surface area contributed by atoms with E-state index < -0.39 is 16.2 Å². The molecule has 0 spiro atoms. The average Bonchev–Trinajstić information content (AvgIpc) is 2.85. The van der Waals surface area contributed by atoms with Gasteiger partial charge in [0.25, 0.3) is 0 Å². The van der Waals surface area contributed by atoms with E-state index in [0.717, 1.165) is 44.1 Å². The van der Waals surface area contributed by atoms with Gasteiger partial charge in [0, 0.05) is 16.7 Å². The van der Waals surface area contributed by atoms with Gasteiger partial charge in [0.15, 0.2) is 11.6 Å². The number of carbonyl (C=O) groups excluding carboxylic acids is 3. The topological polar surface area (TPSA) is 84.2 Å². The second-order valence-electron chi connectivity index (χ2n) is 14.3. The number of esters is 1. The van der Waals surface area contributed by atoms with Gasteiger partial charge in [0.05, 0.1) is 18.1 Å². The van der Waals surface area contributed by atoms with Crippen molar-refractivity contribution in [3.05, 3.63) is 23.3 Å². The van der Waals surface area contributed by atoms with Gasteiger partial charge >= 0.3 is 5.97 Å². The van der Waals surface area contributed by atoms with Crippen molar-refractivity contribution in [3.63, 3.8) is 0 Å². The first-order chi connectivity index (χ1) is 17.2. The van der Waals surface area contributed by atoms with E-state index in [4.69, 9.17) is 4.74 Å².